The minimum Gasteiger partial charge on any atom is -0.399 e. The zero-order chi connectivity index (χ0) is 12.3. The van der Waals surface area contributed by atoms with Crippen molar-refractivity contribution in [3.05, 3.63) is 53.1 Å². The summed E-state index contributed by atoms with van der Waals surface area (Å²) >= 11 is 5.79. The summed E-state index contributed by atoms with van der Waals surface area (Å²) in [6.45, 7) is 1.95. The molecule has 0 spiro atoms. The van der Waals surface area contributed by atoms with E-state index in [0.29, 0.717) is 5.02 Å². The van der Waals surface area contributed by atoms with Gasteiger partial charge in [-0.2, -0.15) is 10.2 Å². The van der Waals surface area contributed by atoms with E-state index >= 15 is 0 Å². The van der Waals surface area contributed by atoms with Gasteiger partial charge in [0.05, 0.1) is 11.4 Å². The zero-order valence-electron chi connectivity index (χ0n) is 9.39. The molecule has 86 valence electrons. The Labute approximate surface area is 105 Å². The first-order valence-electron chi connectivity index (χ1n) is 5.18. The average molecular weight is 246 g/mol. The Bertz CT molecular complexity index is 547. The third kappa shape index (κ3) is 3.04. The van der Waals surface area contributed by atoms with E-state index in [2.05, 4.69) is 10.2 Å². The number of nitrogens with two attached hydrogens (primary N) is 1. The first-order chi connectivity index (χ1) is 8.15. The van der Waals surface area contributed by atoms with Crippen molar-refractivity contribution in [3.8, 4) is 0 Å². The number of benzene rings is 2. The molecule has 0 fully saturated rings. The van der Waals surface area contributed by atoms with Crippen LogP contribution >= 0.6 is 11.6 Å². The zero-order valence-corrected chi connectivity index (χ0v) is 10.1. The number of hydrogen-bond acceptors (Lipinski definition) is 3. The lowest BCUT2D eigenvalue weighted by Gasteiger charge is -2.00. The van der Waals surface area contributed by atoms with Gasteiger partial charge in [0, 0.05) is 10.7 Å². The molecule has 2 aromatic carbocycles. The van der Waals surface area contributed by atoms with E-state index in [9.17, 15) is 0 Å². The Kier molecular flexibility index (Phi) is 3.40. The molecule has 0 heterocycles. The number of halogens is 1. The van der Waals surface area contributed by atoms with Crippen molar-refractivity contribution in [1.82, 2.24) is 0 Å². The smallest absolute Gasteiger partial charge is 0.0887 e. The predicted octanol–water partition coefficient (Wildman–Crippen LogP) is 4.65. The van der Waals surface area contributed by atoms with Gasteiger partial charge in [-0.15, -0.1) is 0 Å². The molecule has 0 atom stereocenters. The molecule has 0 aromatic heterocycles. The molecule has 0 unspecified atom stereocenters. The van der Waals surface area contributed by atoms with Gasteiger partial charge < -0.3 is 5.73 Å². The van der Waals surface area contributed by atoms with E-state index in [1.165, 1.54) is 0 Å². The topological polar surface area (TPSA) is 50.7 Å². The summed E-state index contributed by atoms with van der Waals surface area (Å²) < 4.78 is 0. The molecule has 2 N–H and O–H groups in total. The fourth-order valence-corrected chi connectivity index (χ4v) is 1.54. The number of rotatable bonds is 2. The monoisotopic (exact) mass is 245 g/mol. The normalized spacial score (nSPS) is 10.9. The molecule has 0 aliphatic rings. The third-order valence-corrected chi connectivity index (χ3v) is 2.57. The standard InChI is InChI=1S/C13H12ClN3/c1-9-8-11(15)4-7-13(9)17-16-12-5-2-10(14)3-6-12/h2-8H,15H2,1H3/b17-16+. The molecule has 0 aliphatic heterocycles. The Morgan fingerprint density at radius 2 is 1.71 bits per heavy atom. The quantitative estimate of drug-likeness (QED) is 0.608. The Hall–Kier alpha value is -1.87. The molecule has 0 radical (unpaired) electrons. The second kappa shape index (κ2) is 4.97. The van der Waals surface area contributed by atoms with Gasteiger partial charge >= 0.3 is 0 Å². The molecule has 0 saturated carbocycles. The van der Waals surface area contributed by atoms with E-state index in [4.69, 9.17) is 17.3 Å². The first-order valence-corrected chi connectivity index (χ1v) is 5.56. The molecular formula is C13H12ClN3. The highest BCUT2D eigenvalue weighted by atomic mass is 35.5. The summed E-state index contributed by atoms with van der Waals surface area (Å²) in [5.74, 6) is 0. The largest absolute Gasteiger partial charge is 0.399 e. The maximum atomic E-state index is 5.79. The van der Waals surface area contributed by atoms with Gasteiger partial charge in [-0.25, -0.2) is 0 Å². The van der Waals surface area contributed by atoms with Gasteiger partial charge in [0.25, 0.3) is 0 Å². The molecule has 2 aromatic rings. The van der Waals surface area contributed by atoms with Crippen molar-refractivity contribution >= 4 is 28.7 Å². The van der Waals surface area contributed by atoms with Crippen LogP contribution in [0.2, 0.25) is 5.02 Å². The van der Waals surface area contributed by atoms with Crippen LogP contribution in [0.5, 0.6) is 0 Å². The second-order valence-electron chi connectivity index (χ2n) is 3.72. The fourth-order valence-electron chi connectivity index (χ4n) is 1.41. The van der Waals surface area contributed by atoms with Gasteiger partial charge in [0.15, 0.2) is 0 Å². The molecular weight excluding hydrogens is 234 g/mol. The summed E-state index contributed by atoms with van der Waals surface area (Å²) in [5.41, 5.74) is 8.98. The van der Waals surface area contributed by atoms with Crippen molar-refractivity contribution in [1.29, 1.82) is 0 Å². The fraction of sp³-hybridized carbons (Fsp3) is 0.0769. The van der Waals surface area contributed by atoms with E-state index in [1.54, 1.807) is 12.1 Å². The number of hydrogen-bond donors (Lipinski definition) is 1. The Balaban J connectivity index is 2.23. The molecule has 3 nitrogen and oxygen atoms in total. The van der Waals surface area contributed by atoms with E-state index < -0.39 is 0 Å². The van der Waals surface area contributed by atoms with Crippen LogP contribution in [-0.4, -0.2) is 0 Å². The van der Waals surface area contributed by atoms with Gasteiger partial charge in [0.2, 0.25) is 0 Å². The van der Waals surface area contributed by atoms with Crippen molar-refractivity contribution in [3.63, 3.8) is 0 Å². The van der Waals surface area contributed by atoms with Gasteiger partial charge in [0.1, 0.15) is 0 Å². The first kappa shape index (κ1) is 11.6. The van der Waals surface area contributed by atoms with Crippen LogP contribution in [0.1, 0.15) is 5.56 Å². The minimum absolute atomic E-state index is 0.688. The molecule has 0 saturated heterocycles. The minimum atomic E-state index is 0.688. The average Bonchev–Trinajstić information content (AvgIpc) is 2.30. The van der Waals surface area contributed by atoms with Gasteiger partial charge in [-0.1, -0.05) is 11.6 Å². The molecule has 2 rings (SSSR count). The molecule has 0 aliphatic carbocycles. The molecule has 0 bridgehead atoms. The van der Waals surface area contributed by atoms with Gasteiger partial charge in [-0.3, -0.25) is 0 Å². The van der Waals surface area contributed by atoms with Crippen LogP contribution in [0, 0.1) is 6.92 Å². The van der Waals surface area contributed by atoms with E-state index in [-0.39, 0.29) is 0 Å². The van der Waals surface area contributed by atoms with Crippen LogP contribution in [0.3, 0.4) is 0 Å². The molecule has 17 heavy (non-hydrogen) atoms. The molecule has 4 heteroatoms. The van der Waals surface area contributed by atoms with Crippen LogP contribution in [0.15, 0.2) is 52.7 Å². The third-order valence-electron chi connectivity index (χ3n) is 2.32. The lowest BCUT2D eigenvalue weighted by molar-refractivity contribution is 1.21. The number of aryl methyl sites for hydroxylation is 1. The highest BCUT2D eigenvalue weighted by molar-refractivity contribution is 6.30. The van der Waals surface area contributed by atoms with Crippen LogP contribution < -0.4 is 5.73 Å². The Morgan fingerprint density at radius 1 is 1.00 bits per heavy atom. The summed E-state index contributed by atoms with van der Waals surface area (Å²) in [4.78, 5) is 0. The van der Waals surface area contributed by atoms with Crippen molar-refractivity contribution in [2.75, 3.05) is 5.73 Å². The summed E-state index contributed by atoms with van der Waals surface area (Å²) in [5, 5.41) is 8.99. The van der Waals surface area contributed by atoms with Gasteiger partial charge in [-0.05, 0) is 55.0 Å². The number of nitrogens with zero attached hydrogens (tertiary/aromatic N) is 2. The summed E-state index contributed by atoms with van der Waals surface area (Å²) in [6, 6.07) is 12.7. The second-order valence-corrected chi connectivity index (χ2v) is 4.16. The maximum Gasteiger partial charge on any atom is 0.0887 e. The molecule has 0 amide bonds. The predicted molar refractivity (Wildman–Crippen MR) is 71.2 cm³/mol. The van der Waals surface area contributed by atoms with Crippen LogP contribution in [0.25, 0.3) is 0 Å². The van der Waals surface area contributed by atoms with Crippen molar-refractivity contribution < 1.29 is 0 Å². The van der Waals surface area contributed by atoms with E-state index in [1.807, 2.05) is 37.3 Å². The lowest BCUT2D eigenvalue weighted by atomic mass is 10.2. The SMILES string of the molecule is Cc1cc(N)ccc1/N=N/c1ccc(Cl)cc1. The number of nitrogen functional groups attached to an aromatic ring is 1. The maximum absolute atomic E-state index is 5.79. The number of anilines is 1. The highest BCUT2D eigenvalue weighted by Crippen LogP contribution is 2.24. The van der Waals surface area contributed by atoms with Crippen molar-refractivity contribution in [2.24, 2.45) is 10.2 Å². The van der Waals surface area contributed by atoms with Crippen LogP contribution in [0.4, 0.5) is 17.1 Å². The summed E-state index contributed by atoms with van der Waals surface area (Å²) in [7, 11) is 0. The van der Waals surface area contributed by atoms with Crippen molar-refractivity contribution in [2.45, 2.75) is 6.92 Å². The van der Waals surface area contributed by atoms with E-state index in [0.717, 1.165) is 22.6 Å². The highest BCUT2D eigenvalue weighted by Gasteiger charge is 1.97. The van der Waals surface area contributed by atoms with Crippen LogP contribution in [-0.2, 0) is 0 Å². The Morgan fingerprint density at radius 3 is 2.35 bits per heavy atom. The summed E-state index contributed by atoms with van der Waals surface area (Å²) in [6.07, 6.45) is 0. The lowest BCUT2D eigenvalue weighted by Crippen LogP contribution is -1.84. The number of azo groups is 1.